The van der Waals surface area contributed by atoms with E-state index in [9.17, 15) is 25.5 Å². The summed E-state index contributed by atoms with van der Waals surface area (Å²) in [5.41, 5.74) is -1.19. The van der Waals surface area contributed by atoms with E-state index in [0.717, 1.165) is 5.56 Å². The molecule has 1 fully saturated rings. The SMILES string of the molecule is OCC1OC(O)C(O)C(O)C1(O)C1Cc2ccccc2O1. The summed E-state index contributed by atoms with van der Waals surface area (Å²) in [5.74, 6) is 0.570. The molecule has 0 aliphatic carbocycles. The first-order chi connectivity index (χ1) is 9.98. The number of benzene rings is 1. The van der Waals surface area contributed by atoms with Crippen LogP contribution in [0.1, 0.15) is 5.56 Å². The largest absolute Gasteiger partial charge is 0.487 e. The van der Waals surface area contributed by atoms with Crippen LogP contribution in [0.15, 0.2) is 24.3 Å². The summed E-state index contributed by atoms with van der Waals surface area (Å²) in [4.78, 5) is 0. The molecule has 6 unspecified atom stereocenters. The Hall–Kier alpha value is -1.22. The lowest BCUT2D eigenvalue weighted by Crippen LogP contribution is -2.72. The second-order valence-corrected chi connectivity index (χ2v) is 5.44. The maximum absolute atomic E-state index is 10.8. The van der Waals surface area contributed by atoms with E-state index in [1.165, 1.54) is 0 Å². The van der Waals surface area contributed by atoms with E-state index in [0.29, 0.717) is 12.2 Å². The van der Waals surface area contributed by atoms with Crippen molar-refractivity contribution in [2.75, 3.05) is 6.61 Å². The molecule has 2 heterocycles. The van der Waals surface area contributed by atoms with Crippen molar-refractivity contribution in [3.8, 4) is 5.75 Å². The first kappa shape index (κ1) is 14.7. The third-order valence-corrected chi connectivity index (χ3v) is 4.24. The van der Waals surface area contributed by atoms with E-state index < -0.39 is 42.9 Å². The van der Waals surface area contributed by atoms with E-state index in [1.54, 1.807) is 12.1 Å². The van der Waals surface area contributed by atoms with Crippen molar-refractivity contribution in [3.63, 3.8) is 0 Å². The number of rotatable bonds is 2. The van der Waals surface area contributed by atoms with Gasteiger partial charge < -0.3 is 35.0 Å². The quantitative estimate of drug-likeness (QED) is 0.435. The van der Waals surface area contributed by atoms with Gasteiger partial charge in [0.1, 0.15) is 30.2 Å². The van der Waals surface area contributed by atoms with E-state index >= 15 is 0 Å². The molecule has 2 aliphatic rings. The molecular formula is C14H18O7. The van der Waals surface area contributed by atoms with Gasteiger partial charge in [-0.3, -0.25) is 0 Å². The lowest BCUT2D eigenvalue weighted by atomic mass is 9.78. The minimum atomic E-state index is -2.04. The normalized spacial score (nSPS) is 42.4. The average molecular weight is 298 g/mol. The number of hydrogen-bond donors (Lipinski definition) is 5. The van der Waals surface area contributed by atoms with Gasteiger partial charge in [0, 0.05) is 6.42 Å². The maximum atomic E-state index is 10.8. The van der Waals surface area contributed by atoms with Gasteiger partial charge in [-0.2, -0.15) is 0 Å². The number of hydrogen-bond acceptors (Lipinski definition) is 7. The molecule has 0 bridgehead atoms. The monoisotopic (exact) mass is 298 g/mol. The number of aliphatic hydroxyl groups excluding tert-OH is 4. The van der Waals surface area contributed by atoms with Crippen molar-refractivity contribution in [3.05, 3.63) is 29.8 Å². The topological polar surface area (TPSA) is 120 Å². The molecule has 0 spiro atoms. The van der Waals surface area contributed by atoms with Crippen molar-refractivity contribution in [1.82, 2.24) is 0 Å². The van der Waals surface area contributed by atoms with Gasteiger partial charge in [0.25, 0.3) is 0 Å². The zero-order valence-corrected chi connectivity index (χ0v) is 11.2. The molecule has 21 heavy (non-hydrogen) atoms. The molecule has 6 atom stereocenters. The van der Waals surface area contributed by atoms with Crippen LogP contribution in [0.5, 0.6) is 5.75 Å². The third-order valence-electron chi connectivity index (χ3n) is 4.24. The van der Waals surface area contributed by atoms with Gasteiger partial charge in [-0.1, -0.05) is 18.2 Å². The van der Waals surface area contributed by atoms with Gasteiger partial charge in [0.05, 0.1) is 6.61 Å². The van der Waals surface area contributed by atoms with E-state index in [1.807, 2.05) is 12.1 Å². The van der Waals surface area contributed by atoms with Crippen molar-refractivity contribution in [2.45, 2.75) is 42.7 Å². The Labute approximate surface area is 121 Å². The van der Waals surface area contributed by atoms with Gasteiger partial charge >= 0.3 is 0 Å². The highest BCUT2D eigenvalue weighted by Gasteiger charge is 2.60. The summed E-state index contributed by atoms with van der Waals surface area (Å²) in [5, 5.41) is 49.6. The molecule has 3 rings (SSSR count). The first-order valence-corrected chi connectivity index (χ1v) is 6.76. The van der Waals surface area contributed by atoms with Gasteiger partial charge in [-0.05, 0) is 11.6 Å². The Morgan fingerprint density at radius 2 is 1.90 bits per heavy atom. The second-order valence-electron chi connectivity index (χ2n) is 5.44. The molecule has 7 nitrogen and oxygen atoms in total. The second kappa shape index (κ2) is 5.20. The zero-order valence-electron chi connectivity index (χ0n) is 11.2. The maximum Gasteiger partial charge on any atom is 0.184 e. The summed E-state index contributed by atoms with van der Waals surface area (Å²) in [6.07, 6.45) is -6.95. The minimum absolute atomic E-state index is 0.298. The van der Waals surface area contributed by atoms with Gasteiger partial charge in [-0.25, -0.2) is 0 Å². The molecule has 1 aromatic carbocycles. The molecule has 5 N–H and O–H groups in total. The van der Waals surface area contributed by atoms with Crippen molar-refractivity contribution >= 4 is 0 Å². The highest BCUT2D eigenvalue weighted by Crippen LogP contribution is 2.40. The van der Waals surface area contributed by atoms with Crippen LogP contribution in [0.4, 0.5) is 0 Å². The van der Waals surface area contributed by atoms with Crippen molar-refractivity contribution in [1.29, 1.82) is 0 Å². The van der Waals surface area contributed by atoms with Gasteiger partial charge in [-0.15, -0.1) is 0 Å². The molecule has 0 aromatic heterocycles. The van der Waals surface area contributed by atoms with Crippen molar-refractivity contribution < 1.29 is 35.0 Å². The minimum Gasteiger partial charge on any atom is -0.487 e. The number of ether oxygens (including phenoxy) is 2. The Bertz CT molecular complexity index is 493. The van der Waals surface area contributed by atoms with Crippen LogP contribution in [0, 0.1) is 0 Å². The predicted octanol–water partition coefficient (Wildman–Crippen LogP) is -1.85. The number of aliphatic hydroxyl groups is 5. The molecule has 7 heteroatoms. The first-order valence-electron chi connectivity index (χ1n) is 6.76. The lowest BCUT2D eigenvalue weighted by Gasteiger charge is -2.48. The van der Waals surface area contributed by atoms with Crippen LogP contribution >= 0.6 is 0 Å². The molecule has 1 saturated heterocycles. The third kappa shape index (κ3) is 2.13. The molecule has 1 aromatic rings. The molecule has 116 valence electrons. The zero-order chi connectivity index (χ0) is 15.2. The van der Waals surface area contributed by atoms with E-state index in [2.05, 4.69) is 0 Å². The fourth-order valence-corrected chi connectivity index (χ4v) is 3.00. The summed E-state index contributed by atoms with van der Waals surface area (Å²) in [6, 6.07) is 7.16. The molecule has 0 amide bonds. The standard InChI is InChI=1S/C14H18O7/c15-6-10-14(19,12(17)11(16)13(18)21-10)9-5-7-3-1-2-4-8(7)20-9/h1-4,9-13,15-19H,5-6H2. The lowest BCUT2D eigenvalue weighted by molar-refractivity contribution is -0.334. The Balaban J connectivity index is 1.92. The summed E-state index contributed by atoms with van der Waals surface area (Å²) in [6.45, 7) is -0.631. The number of para-hydroxylation sites is 1. The van der Waals surface area contributed by atoms with E-state index in [-0.39, 0.29) is 0 Å². The fraction of sp³-hybridized carbons (Fsp3) is 0.571. The summed E-state index contributed by atoms with van der Waals surface area (Å²) >= 11 is 0. The highest BCUT2D eigenvalue weighted by molar-refractivity contribution is 5.38. The summed E-state index contributed by atoms with van der Waals surface area (Å²) < 4.78 is 10.7. The molecule has 0 radical (unpaired) electrons. The Morgan fingerprint density at radius 3 is 2.57 bits per heavy atom. The number of fused-ring (bicyclic) bond motifs is 1. The van der Waals surface area contributed by atoms with Crippen LogP contribution in [-0.2, 0) is 11.2 Å². The van der Waals surface area contributed by atoms with Crippen LogP contribution < -0.4 is 4.74 Å². The Kier molecular flexibility index (Phi) is 3.64. The van der Waals surface area contributed by atoms with Crippen LogP contribution in [0.3, 0.4) is 0 Å². The fourth-order valence-electron chi connectivity index (χ4n) is 3.00. The smallest absolute Gasteiger partial charge is 0.184 e. The van der Waals surface area contributed by atoms with Crippen LogP contribution in [-0.4, -0.2) is 68.4 Å². The Morgan fingerprint density at radius 1 is 1.19 bits per heavy atom. The van der Waals surface area contributed by atoms with Gasteiger partial charge in [0.15, 0.2) is 11.9 Å². The van der Waals surface area contributed by atoms with E-state index in [4.69, 9.17) is 9.47 Å². The van der Waals surface area contributed by atoms with Crippen LogP contribution in [0.2, 0.25) is 0 Å². The van der Waals surface area contributed by atoms with Crippen molar-refractivity contribution in [2.24, 2.45) is 0 Å². The summed E-state index contributed by atoms with van der Waals surface area (Å²) in [7, 11) is 0. The molecular weight excluding hydrogens is 280 g/mol. The van der Waals surface area contributed by atoms with Gasteiger partial charge in [0.2, 0.25) is 0 Å². The van der Waals surface area contributed by atoms with Crippen LogP contribution in [0.25, 0.3) is 0 Å². The highest BCUT2D eigenvalue weighted by atomic mass is 16.6. The predicted molar refractivity (Wildman–Crippen MR) is 69.5 cm³/mol. The molecule has 2 aliphatic heterocycles. The average Bonchev–Trinajstić information content (AvgIpc) is 2.93. The molecule has 0 saturated carbocycles.